The predicted octanol–water partition coefficient (Wildman–Crippen LogP) is -1.23. The number of rotatable bonds is 0. The van der Waals surface area contributed by atoms with E-state index in [1.165, 1.54) is 0 Å². The molecule has 0 amide bonds. The molecule has 40 valence electrons. The van der Waals surface area contributed by atoms with Crippen LogP contribution < -0.4 is 0 Å². The Morgan fingerprint density at radius 2 is 1.33 bits per heavy atom. The molecule has 0 rings (SSSR count). The van der Waals surface area contributed by atoms with Gasteiger partial charge in [0.25, 0.3) is 0 Å². The van der Waals surface area contributed by atoms with Gasteiger partial charge < -0.3 is 9.11 Å². The van der Waals surface area contributed by atoms with Crippen LogP contribution in [0.1, 0.15) is 1.43 Å². The molecule has 0 aromatic heterocycles. The summed E-state index contributed by atoms with van der Waals surface area (Å²) >= 11 is 0. The first-order valence-electron chi connectivity index (χ1n) is 0.667. The molecule has 0 bridgehead atoms. The summed E-state index contributed by atoms with van der Waals surface area (Å²) < 4.78 is 34.1. The van der Waals surface area contributed by atoms with Crippen LogP contribution in [0.15, 0.2) is 0 Å². The van der Waals surface area contributed by atoms with Crippen molar-refractivity contribution in [2.75, 3.05) is 0 Å². The molecule has 0 aromatic carbocycles. The van der Waals surface area contributed by atoms with E-state index in [1.54, 1.807) is 0 Å². The van der Waals surface area contributed by atoms with Crippen molar-refractivity contribution in [3.05, 3.63) is 0 Å². The van der Waals surface area contributed by atoms with Gasteiger partial charge in [-0.25, -0.2) is 0 Å². The molecule has 0 saturated carbocycles. The molecular weight excluding hydrogens is 152 g/mol. The minimum absolute atomic E-state index is 0. The zero-order valence-corrected chi connectivity index (χ0v) is 4.32. The number of hydrogen-bond acceptors (Lipinski definition) is 4. The van der Waals surface area contributed by atoms with Crippen LogP contribution in [0.3, 0.4) is 0 Å². The third kappa shape index (κ3) is 332. The standard InChI is InChI=1S/Fe.H2O4S/c;1-5(2,3)4/h;(H2,1,2,3,4)/p-1. The largest absolute Gasteiger partial charge is 1.00 e. The Morgan fingerprint density at radius 3 is 1.33 bits per heavy atom. The van der Waals surface area contributed by atoms with Crippen LogP contribution in [0.4, 0.5) is 0 Å². The molecule has 0 aliphatic rings. The van der Waals surface area contributed by atoms with E-state index < -0.39 is 10.4 Å². The Bertz CT molecular complexity index is 94.9. The molecule has 6 heteroatoms. The van der Waals surface area contributed by atoms with E-state index >= 15 is 0 Å². The first kappa shape index (κ1) is 9.63. The van der Waals surface area contributed by atoms with Gasteiger partial charge in [0.1, 0.15) is 0 Å². The normalized spacial score (nSPS) is 9.67. The van der Waals surface area contributed by atoms with E-state index in [0.29, 0.717) is 0 Å². The van der Waals surface area contributed by atoms with E-state index in [-0.39, 0.29) is 18.5 Å². The summed E-state index contributed by atoms with van der Waals surface area (Å²) in [6.07, 6.45) is 0. The summed E-state index contributed by atoms with van der Waals surface area (Å²) in [5.74, 6) is 0. The molecule has 0 aliphatic carbocycles. The fraction of sp³-hybridized carbons (Fsp3) is 0. The van der Waals surface area contributed by atoms with Gasteiger partial charge in [0.15, 0.2) is 0 Å². The van der Waals surface area contributed by atoms with E-state index in [0.717, 1.165) is 0 Å². The van der Waals surface area contributed by atoms with E-state index in [4.69, 9.17) is 17.5 Å². The van der Waals surface area contributed by atoms with Gasteiger partial charge in [0, 0.05) is 27.5 Å². The monoisotopic (exact) mass is 153 g/mol. The van der Waals surface area contributed by atoms with Gasteiger partial charge >= 0.3 is 1.43 Å². The first-order valence-corrected chi connectivity index (χ1v) is 2.00. The van der Waals surface area contributed by atoms with Gasteiger partial charge in [-0.15, -0.1) is 0 Å². The van der Waals surface area contributed by atoms with Crippen LogP contribution in [-0.4, -0.2) is 17.5 Å². The van der Waals surface area contributed by atoms with Crippen LogP contribution >= 0.6 is 0 Å². The molecule has 0 heterocycles. The second-order valence-electron chi connectivity index (χ2n) is 0.408. The van der Waals surface area contributed by atoms with E-state index in [9.17, 15) is 0 Å². The van der Waals surface area contributed by atoms with Crippen molar-refractivity contribution in [1.29, 1.82) is 0 Å². The average Bonchev–Trinajstić information content (AvgIpc) is 0.722. The van der Waals surface area contributed by atoms with Crippen molar-refractivity contribution >= 4 is 10.4 Å². The van der Waals surface area contributed by atoms with Crippen molar-refractivity contribution in [3.8, 4) is 0 Å². The van der Waals surface area contributed by atoms with Gasteiger partial charge in [0.05, 0.1) is 0 Å². The maximum absolute atomic E-state index is 8.52. The molecular formula is HFeO4S-. The number of hydrogen-bond donors (Lipinski definition) is 0. The molecule has 0 fully saturated rings. The predicted molar refractivity (Wildman–Crippen MR) is 11.6 cm³/mol. The second-order valence-corrected chi connectivity index (χ2v) is 1.22. The quantitative estimate of drug-likeness (QED) is 0.248. The Labute approximate surface area is 47.1 Å². The minimum Gasteiger partial charge on any atom is -0.759 e. The Morgan fingerprint density at radius 1 is 1.33 bits per heavy atom. The summed E-state index contributed by atoms with van der Waals surface area (Å²) in [7, 11) is -5.17. The summed E-state index contributed by atoms with van der Waals surface area (Å²) in [6, 6.07) is 0. The molecule has 0 spiro atoms. The molecule has 6 heavy (non-hydrogen) atoms. The fourth-order valence-corrected chi connectivity index (χ4v) is 0. The van der Waals surface area contributed by atoms with Crippen molar-refractivity contribution in [3.63, 3.8) is 0 Å². The average molecular weight is 153 g/mol. The summed E-state index contributed by atoms with van der Waals surface area (Å²) in [5.41, 5.74) is 0. The summed E-state index contributed by atoms with van der Waals surface area (Å²) in [6.45, 7) is 0. The summed E-state index contributed by atoms with van der Waals surface area (Å²) in [5, 5.41) is 0. The third-order valence-corrected chi connectivity index (χ3v) is 0. The first-order chi connectivity index (χ1) is 2.00. The maximum atomic E-state index is 8.52. The van der Waals surface area contributed by atoms with E-state index in [1.807, 2.05) is 0 Å². The molecule has 0 atom stereocenters. The summed E-state index contributed by atoms with van der Waals surface area (Å²) in [4.78, 5) is 0. The van der Waals surface area contributed by atoms with Crippen LogP contribution in [0.25, 0.3) is 0 Å². The molecule has 4 nitrogen and oxygen atoms in total. The Hall–Kier alpha value is 0.389. The Balaban J connectivity index is -0.0000000800. The molecule has 0 N–H and O–H groups in total. The van der Waals surface area contributed by atoms with Gasteiger partial charge in [-0.3, -0.25) is 8.42 Å². The topological polar surface area (TPSA) is 80.3 Å². The van der Waals surface area contributed by atoms with Gasteiger partial charge in [0.2, 0.25) is 0 Å². The van der Waals surface area contributed by atoms with Crippen LogP contribution in [0, 0.1) is 0 Å². The molecule has 0 aliphatic heterocycles. The van der Waals surface area contributed by atoms with Crippen molar-refractivity contribution in [2.24, 2.45) is 0 Å². The van der Waals surface area contributed by atoms with Crippen molar-refractivity contribution in [1.82, 2.24) is 0 Å². The molecule has 0 saturated heterocycles. The molecule has 0 unspecified atom stereocenters. The maximum Gasteiger partial charge on any atom is 1.00 e. The van der Waals surface area contributed by atoms with Crippen LogP contribution in [0.5, 0.6) is 0 Å². The van der Waals surface area contributed by atoms with Gasteiger partial charge in [-0.2, -0.15) is 0 Å². The smallest absolute Gasteiger partial charge is 0.759 e. The van der Waals surface area contributed by atoms with E-state index in [2.05, 4.69) is 0 Å². The minimum atomic E-state index is -5.17. The van der Waals surface area contributed by atoms with Crippen LogP contribution in [-0.2, 0) is 27.5 Å². The second kappa shape index (κ2) is 2.54. The Kier molecular flexibility index (Phi) is 4.08. The SMILES string of the molecule is O=S(=O)([O-])[O-].[Fe].[H+]. The van der Waals surface area contributed by atoms with Crippen molar-refractivity contribution < 1.29 is 36.0 Å². The fourth-order valence-electron chi connectivity index (χ4n) is 0. The molecule has 0 radical (unpaired) electrons. The molecule has 0 aromatic rings. The zero-order chi connectivity index (χ0) is 4.50. The third-order valence-electron chi connectivity index (χ3n) is 0. The van der Waals surface area contributed by atoms with Gasteiger partial charge in [-0.05, 0) is 0 Å². The van der Waals surface area contributed by atoms with Crippen LogP contribution in [0.2, 0.25) is 0 Å². The van der Waals surface area contributed by atoms with Crippen molar-refractivity contribution in [2.45, 2.75) is 0 Å². The van der Waals surface area contributed by atoms with Gasteiger partial charge in [-0.1, -0.05) is 0 Å². The zero-order valence-electron chi connectivity index (χ0n) is 3.39.